The number of amides is 2. The van der Waals surface area contributed by atoms with E-state index in [0.717, 1.165) is 77.0 Å². The summed E-state index contributed by atoms with van der Waals surface area (Å²) in [5, 5.41) is 5.63. The highest BCUT2D eigenvalue weighted by atomic mass is 32.3. The van der Waals surface area contributed by atoms with E-state index in [2.05, 4.69) is 27.4 Å². The molecule has 0 aromatic carbocycles. The molecule has 0 radical (unpaired) electrons. The first-order valence-corrected chi connectivity index (χ1v) is 47.9. The third-order valence-electron chi connectivity index (χ3n) is 18.2. The summed E-state index contributed by atoms with van der Waals surface area (Å²) in [6.07, 6.45) is -13.1. The van der Waals surface area contributed by atoms with Gasteiger partial charge >= 0.3 is 72.8 Å². The Labute approximate surface area is 678 Å². The van der Waals surface area contributed by atoms with Crippen LogP contribution in [0.25, 0.3) is 0 Å². The van der Waals surface area contributed by atoms with Crippen molar-refractivity contribution in [2.45, 2.75) is 318 Å². The van der Waals surface area contributed by atoms with Crippen molar-refractivity contribution < 1.29 is 191 Å². The van der Waals surface area contributed by atoms with Crippen LogP contribution in [-0.2, 0) is 173 Å². The van der Waals surface area contributed by atoms with Gasteiger partial charge in [-0.15, -0.1) is 0 Å². The lowest BCUT2D eigenvalue weighted by atomic mass is 9.98. The third kappa shape index (κ3) is 47.5. The van der Waals surface area contributed by atoms with Gasteiger partial charge in [-0.2, -0.15) is 58.9 Å². The Morgan fingerprint density at radius 3 is 1.23 bits per heavy atom. The summed E-state index contributed by atoms with van der Waals surface area (Å²) < 4.78 is 326. The normalized spacial score (nSPS) is 26.7. The number of nitrogens with one attached hydrogen (secondary N) is 2. The van der Waals surface area contributed by atoms with Crippen LogP contribution in [0.4, 0.5) is 0 Å². The van der Waals surface area contributed by atoms with Gasteiger partial charge in [0.25, 0.3) is 0 Å². The van der Waals surface area contributed by atoms with Crippen molar-refractivity contribution in [2.75, 3.05) is 65.9 Å². The molecule has 0 aromatic rings. The van der Waals surface area contributed by atoms with Gasteiger partial charge in [0.05, 0.1) is 56.9 Å². The molecule has 4 saturated heterocycles. The van der Waals surface area contributed by atoms with E-state index in [4.69, 9.17) is 64.7 Å². The molecule has 4 aliphatic rings. The molecule has 0 spiro atoms. The average Bonchev–Trinajstić information content (AvgIpc) is 0.772. The van der Waals surface area contributed by atoms with Gasteiger partial charge in [-0.3, -0.25) is 51.0 Å². The predicted octanol–water partition coefficient (Wildman–Crippen LogP) is 3.82. The molecule has 116 heavy (non-hydrogen) atoms. The molecule has 17 unspecified atom stereocenters. The second-order valence-electron chi connectivity index (χ2n) is 27.9. The highest BCUT2D eigenvalue weighted by molar-refractivity contribution is 7.82. The summed E-state index contributed by atoms with van der Waals surface area (Å²) in [7, 11) is -37.2. The van der Waals surface area contributed by atoms with Gasteiger partial charge in [-0.05, 0) is 78.1 Å². The Balaban J connectivity index is 0.929. The number of ether oxygens (including phenoxy) is 11. The predicted molar refractivity (Wildman–Crippen MR) is 396 cm³/mol. The Morgan fingerprint density at radius 1 is 0.328 bits per heavy atom. The molecule has 4 heterocycles. The first-order valence-electron chi connectivity index (χ1n) is 38.4. The molecule has 9 N–H and O–H groups in total. The van der Waals surface area contributed by atoms with E-state index in [1.54, 1.807) is 13.8 Å². The van der Waals surface area contributed by atoms with Crippen molar-refractivity contribution >= 4 is 96.2 Å². The van der Waals surface area contributed by atoms with Gasteiger partial charge in [0.1, 0.15) is 55.6 Å². The topological polar surface area (TPSA) is 639 Å². The van der Waals surface area contributed by atoms with Gasteiger partial charge in [-0.1, -0.05) is 90.9 Å². The molecule has 4 aliphatic heterocycles. The molecule has 17 atom stereocenters. The second-order valence-corrected chi connectivity index (χ2v) is 35.3. The average molecular weight is 1830 g/mol. The summed E-state index contributed by atoms with van der Waals surface area (Å²) >= 11 is 0. The Bertz CT molecular complexity index is 3740. The highest BCUT2D eigenvalue weighted by Crippen LogP contribution is 2.38. The van der Waals surface area contributed by atoms with Crippen LogP contribution in [0.3, 0.4) is 0 Å². The fourth-order valence-electron chi connectivity index (χ4n) is 13.0. The molecule has 4 rings (SSSR count). The third-order valence-corrected chi connectivity index (χ3v) is 21.6. The van der Waals surface area contributed by atoms with Crippen LogP contribution in [0.15, 0.2) is 0 Å². The number of hydrogen-bond donors (Lipinski definition) is 9. The van der Waals surface area contributed by atoms with Gasteiger partial charge in [0.15, 0.2) is 43.2 Å². The molecule has 0 aromatic heterocycles. The molecular formula is C64H116N2O43S7. The van der Waals surface area contributed by atoms with E-state index in [1.165, 1.54) is 13.8 Å². The molecule has 0 bridgehead atoms. The van der Waals surface area contributed by atoms with Crippen LogP contribution in [0, 0.1) is 0 Å². The van der Waals surface area contributed by atoms with Crippen molar-refractivity contribution in [1.29, 1.82) is 0 Å². The summed E-state index contributed by atoms with van der Waals surface area (Å²) in [5.41, 5.74) is 0. The van der Waals surface area contributed by atoms with Crippen molar-refractivity contribution in [3.63, 3.8) is 0 Å². The summed E-state index contributed by atoms with van der Waals surface area (Å²) in [5.74, 6) is -0.246. The van der Waals surface area contributed by atoms with Crippen molar-refractivity contribution in [2.24, 2.45) is 0 Å². The maximum Gasteiger partial charge on any atom is 0.397 e. The Morgan fingerprint density at radius 2 is 0.716 bits per heavy atom. The van der Waals surface area contributed by atoms with Crippen LogP contribution >= 0.6 is 0 Å². The maximum absolute atomic E-state index is 12.5. The Kier molecular flexibility index (Phi) is 48.3. The lowest BCUT2D eigenvalue weighted by Crippen LogP contribution is -2.63. The largest absolute Gasteiger partial charge is 0.397 e. The number of ketones is 2. The number of carbonyl (C=O) groups excluding carboxylic acids is 4. The van der Waals surface area contributed by atoms with E-state index in [9.17, 15) is 110 Å². The Hall–Kier alpha value is -3.07. The highest BCUT2D eigenvalue weighted by Gasteiger charge is 2.55. The quantitative estimate of drug-likeness (QED) is 0.0309. The van der Waals surface area contributed by atoms with E-state index in [1.807, 2.05) is 0 Å². The molecule has 682 valence electrons. The van der Waals surface area contributed by atoms with E-state index >= 15 is 0 Å². The minimum atomic E-state index is -5.56. The van der Waals surface area contributed by atoms with E-state index in [-0.39, 0.29) is 102 Å². The number of Topliss-reactive ketones (excluding diaryl/α,β-unsaturated/α-hetero) is 2. The van der Waals surface area contributed by atoms with E-state index < -0.39 is 190 Å². The molecule has 0 saturated carbocycles. The lowest BCUT2D eigenvalue weighted by molar-refractivity contribution is -0.334. The molecule has 52 heteroatoms. The molecule has 45 nitrogen and oxygen atoms in total. The minimum absolute atomic E-state index is 0.0129. The van der Waals surface area contributed by atoms with Crippen molar-refractivity contribution in [3.8, 4) is 0 Å². The number of hydrogen-bond acceptors (Lipinski definition) is 36. The smallest absolute Gasteiger partial charge is 0.377 e. The molecular weight excluding hydrogens is 1710 g/mol. The fourth-order valence-corrected chi connectivity index (χ4v) is 16.4. The maximum atomic E-state index is 12.5. The number of carbonyl (C=O) groups is 4. The zero-order valence-electron chi connectivity index (χ0n) is 65.1. The van der Waals surface area contributed by atoms with Crippen LogP contribution < -0.4 is 10.6 Å². The van der Waals surface area contributed by atoms with Gasteiger partial charge in [0, 0.05) is 71.2 Å². The zero-order valence-corrected chi connectivity index (χ0v) is 70.8. The van der Waals surface area contributed by atoms with Crippen LogP contribution in [0.5, 0.6) is 0 Å². The first kappa shape index (κ1) is 105. The van der Waals surface area contributed by atoms with Crippen molar-refractivity contribution in [1.82, 2.24) is 10.6 Å². The van der Waals surface area contributed by atoms with Crippen LogP contribution in [0.1, 0.15) is 214 Å². The summed E-state index contributed by atoms with van der Waals surface area (Å²) in [4.78, 5) is 49.5. The monoisotopic (exact) mass is 1820 g/mol. The summed E-state index contributed by atoms with van der Waals surface area (Å²) in [6, 6.07) is 0. The van der Waals surface area contributed by atoms with Crippen LogP contribution in [0.2, 0.25) is 0 Å². The standard InChI is InChI=1S/C64H116N2O43S7/c1-5-48-50(101-62-54(106-113(80,81)82)41-51(49(6-2)100-62)103-110(71,72)73)40-53(105-112(77,78)79)61(99-48)95-33-25-17-10-13-20-28-46(67)27-19-11-7-8-12-21-29-47(68)42-93-37-35-92-36-38-94-43-56(70)66-32-23-15-9-14-22-30-55(69)65-31-24-16-18-26-34-96-63-60(109-116(89,90)91)59(108-115(86,87)88)57(45(4)98-63)102-64-58(107-114(83,84)85)52(39-44(3)97-64)104-111(74,75)76/h44-45,48-54,57-64H,5-43H2,1-4H3,(H,65,69)(H,66,70)(H,71,72,73)(H,74,75,76)(H,77,78,79)(H,80,81,82)(H,83,84,85)(H,86,87,88)(H,89,90,91). The summed E-state index contributed by atoms with van der Waals surface area (Å²) in [6.45, 7) is 7.16. The second kappa shape index (κ2) is 53.2. The first-order chi connectivity index (χ1) is 54.3. The molecule has 2 amide bonds. The minimum Gasteiger partial charge on any atom is -0.377 e. The molecule has 4 fully saturated rings. The van der Waals surface area contributed by atoms with Gasteiger partial charge in [0.2, 0.25) is 11.8 Å². The number of unbranched alkanes of at least 4 members (excludes halogenated alkanes) is 16. The fraction of sp³-hybridized carbons (Fsp3) is 0.938. The van der Waals surface area contributed by atoms with Crippen molar-refractivity contribution in [3.05, 3.63) is 0 Å². The van der Waals surface area contributed by atoms with Gasteiger partial charge < -0.3 is 62.7 Å². The lowest BCUT2D eigenvalue weighted by Gasteiger charge is -2.46. The van der Waals surface area contributed by atoms with Gasteiger partial charge in [-0.25, -0.2) is 29.3 Å². The molecule has 0 aliphatic carbocycles. The van der Waals surface area contributed by atoms with Crippen LogP contribution in [-0.4, -0.2) is 285 Å². The number of rotatable bonds is 64. The zero-order chi connectivity index (χ0) is 86.3. The van der Waals surface area contributed by atoms with E-state index in [0.29, 0.717) is 83.7 Å². The SMILES string of the molecule is CCC1OC(OCCCCCCCC(=O)CCCCCCCCC(=O)COCCOCCOCC(=O)NCCCCCCCC(=O)NCCCCCCOC2OC(C)C(OC3OC(C)CC(OS(=O)(=O)O)C3OS(=O)(=O)O)C(OS(=O)(=O)O)C2OS(=O)(=O)O)C(OS(=O)(=O)O)CC1OC1OC(CC)C(OS(=O)(=O)O)CC1OS(=O)(=O)O.